The van der Waals surface area contributed by atoms with Gasteiger partial charge in [0.2, 0.25) is 0 Å². The van der Waals surface area contributed by atoms with Crippen LogP contribution in [0.5, 0.6) is 5.75 Å². The van der Waals surface area contributed by atoms with Crippen LogP contribution >= 0.6 is 0 Å². The van der Waals surface area contributed by atoms with Crippen LogP contribution in [0.2, 0.25) is 0 Å². The van der Waals surface area contributed by atoms with Gasteiger partial charge in [-0.2, -0.15) is 0 Å². The largest absolute Gasteiger partial charge is 0.490 e. The molecule has 1 aliphatic heterocycles. The van der Waals surface area contributed by atoms with Gasteiger partial charge in [0.05, 0.1) is 6.20 Å². The molecule has 1 saturated carbocycles. The van der Waals surface area contributed by atoms with E-state index in [1.54, 1.807) is 6.20 Å². The maximum atomic E-state index is 11.7. The van der Waals surface area contributed by atoms with Crippen LogP contribution < -0.4 is 10.1 Å². The second-order valence-electron chi connectivity index (χ2n) is 7.32. The Bertz CT molecular complexity index is 540. The Morgan fingerprint density at radius 2 is 2.26 bits per heavy atom. The van der Waals surface area contributed by atoms with Crippen molar-refractivity contribution in [2.24, 2.45) is 11.8 Å². The molecule has 4 heteroatoms. The summed E-state index contributed by atoms with van der Waals surface area (Å²) in [5.41, 5.74) is 1.30. The van der Waals surface area contributed by atoms with Crippen LogP contribution in [0, 0.1) is 11.8 Å². The van der Waals surface area contributed by atoms with Gasteiger partial charge >= 0.3 is 0 Å². The number of nitrogens with one attached hydrogen (secondary N) is 1. The van der Waals surface area contributed by atoms with Gasteiger partial charge in [0.15, 0.2) is 0 Å². The van der Waals surface area contributed by atoms with E-state index in [0.29, 0.717) is 17.7 Å². The standard InChI is InChI=1S/C19H28N2O2/c1-13(2)19(22)5-3-4-14-9-18(14)15-8-17(11-20-10-15)23-12-16-6-7-21-16/h8,10-11,13-14,16,18,21H,3-7,9,12H2,1-2H3/t14-,16-,18-/m0/s1. The molecule has 2 aliphatic rings. The van der Waals surface area contributed by atoms with E-state index in [9.17, 15) is 4.79 Å². The topological polar surface area (TPSA) is 51.2 Å². The molecule has 23 heavy (non-hydrogen) atoms. The Hall–Kier alpha value is -1.42. The van der Waals surface area contributed by atoms with E-state index in [-0.39, 0.29) is 5.92 Å². The van der Waals surface area contributed by atoms with Crippen molar-refractivity contribution in [3.63, 3.8) is 0 Å². The number of ether oxygens (including phenoxy) is 1. The molecule has 1 aliphatic carbocycles. The average molecular weight is 316 g/mol. The lowest BCUT2D eigenvalue weighted by atomic mass is 10.0. The zero-order valence-electron chi connectivity index (χ0n) is 14.3. The van der Waals surface area contributed by atoms with Crippen molar-refractivity contribution in [1.82, 2.24) is 10.3 Å². The molecule has 2 heterocycles. The molecule has 2 fully saturated rings. The zero-order chi connectivity index (χ0) is 16.2. The van der Waals surface area contributed by atoms with Crippen LogP contribution in [0.3, 0.4) is 0 Å². The smallest absolute Gasteiger partial charge is 0.137 e. The third-order valence-electron chi connectivity index (χ3n) is 5.10. The van der Waals surface area contributed by atoms with Crippen LogP contribution in [-0.4, -0.2) is 30.0 Å². The Balaban J connectivity index is 1.42. The second-order valence-corrected chi connectivity index (χ2v) is 7.32. The molecule has 0 aromatic carbocycles. The number of nitrogens with zero attached hydrogens (tertiary/aromatic N) is 1. The molecule has 1 N–H and O–H groups in total. The van der Waals surface area contributed by atoms with E-state index in [2.05, 4.69) is 16.4 Å². The summed E-state index contributed by atoms with van der Waals surface area (Å²) in [5, 5.41) is 3.34. The summed E-state index contributed by atoms with van der Waals surface area (Å²) in [6.07, 6.45) is 9.11. The molecule has 0 bridgehead atoms. The van der Waals surface area contributed by atoms with Crippen molar-refractivity contribution in [2.75, 3.05) is 13.2 Å². The fraction of sp³-hybridized carbons (Fsp3) is 0.684. The van der Waals surface area contributed by atoms with Gasteiger partial charge in [-0.3, -0.25) is 9.78 Å². The molecular weight excluding hydrogens is 288 g/mol. The number of aromatic nitrogens is 1. The number of carbonyl (C=O) groups excluding carboxylic acids is 1. The molecule has 126 valence electrons. The number of hydrogen-bond acceptors (Lipinski definition) is 4. The summed E-state index contributed by atoms with van der Waals surface area (Å²) in [5.74, 6) is 2.79. The third-order valence-corrected chi connectivity index (χ3v) is 5.10. The normalized spacial score (nSPS) is 26.0. The first kappa shape index (κ1) is 16.4. The number of pyridine rings is 1. The van der Waals surface area contributed by atoms with Gasteiger partial charge in [-0.25, -0.2) is 0 Å². The van der Waals surface area contributed by atoms with Gasteiger partial charge in [0.25, 0.3) is 0 Å². The summed E-state index contributed by atoms with van der Waals surface area (Å²) < 4.78 is 5.83. The molecule has 0 unspecified atom stereocenters. The fourth-order valence-corrected chi connectivity index (χ4v) is 3.21. The number of carbonyl (C=O) groups is 1. The van der Waals surface area contributed by atoms with Gasteiger partial charge in [-0.15, -0.1) is 0 Å². The summed E-state index contributed by atoms with van der Waals surface area (Å²) >= 11 is 0. The van der Waals surface area contributed by atoms with Crippen LogP contribution in [0.15, 0.2) is 18.5 Å². The highest BCUT2D eigenvalue weighted by Gasteiger charge is 2.38. The van der Waals surface area contributed by atoms with E-state index >= 15 is 0 Å². The molecule has 0 radical (unpaired) electrons. The van der Waals surface area contributed by atoms with E-state index in [1.807, 2.05) is 20.0 Å². The minimum atomic E-state index is 0.174. The van der Waals surface area contributed by atoms with Crippen LogP contribution in [0.25, 0.3) is 0 Å². The zero-order valence-corrected chi connectivity index (χ0v) is 14.3. The lowest BCUT2D eigenvalue weighted by Gasteiger charge is -2.27. The minimum Gasteiger partial charge on any atom is -0.490 e. The van der Waals surface area contributed by atoms with E-state index in [0.717, 1.165) is 44.1 Å². The van der Waals surface area contributed by atoms with E-state index in [4.69, 9.17) is 4.74 Å². The molecular formula is C19H28N2O2. The molecule has 1 aromatic heterocycles. The Morgan fingerprint density at radius 1 is 1.43 bits per heavy atom. The van der Waals surface area contributed by atoms with Crippen molar-refractivity contribution in [3.05, 3.63) is 24.0 Å². The first-order valence-electron chi connectivity index (χ1n) is 8.97. The lowest BCUT2D eigenvalue weighted by molar-refractivity contribution is -0.122. The minimum absolute atomic E-state index is 0.174. The van der Waals surface area contributed by atoms with Gasteiger partial charge in [0, 0.05) is 24.6 Å². The predicted octanol–water partition coefficient (Wildman–Crippen LogP) is 3.32. The van der Waals surface area contributed by atoms with Gasteiger partial charge < -0.3 is 10.1 Å². The summed E-state index contributed by atoms with van der Waals surface area (Å²) in [4.78, 5) is 16.0. The molecule has 0 amide bonds. The highest BCUT2D eigenvalue weighted by molar-refractivity contribution is 5.80. The SMILES string of the molecule is CC(C)C(=O)CCC[C@H]1C[C@@H]1c1cncc(OC[C@@H]2CCN2)c1. The van der Waals surface area contributed by atoms with Crippen molar-refractivity contribution in [2.45, 2.75) is 57.9 Å². The van der Waals surface area contributed by atoms with Crippen molar-refractivity contribution >= 4 is 5.78 Å². The van der Waals surface area contributed by atoms with Gasteiger partial charge in [0.1, 0.15) is 18.1 Å². The molecule has 0 spiro atoms. The van der Waals surface area contributed by atoms with Crippen molar-refractivity contribution in [1.29, 1.82) is 0 Å². The number of ketones is 1. The Kier molecular flexibility index (Phi) is 5.31. The number of Topliss-reactive ketones (excluding diaryl/α,β-unsaturated/α-hetero) is 1. The van der Waals surface area contributed by atoms with Gasteiger partial charge in [-0.1, -0.05) is 13.8 Å². The quantitative estimate of drug-likeness (QED) is 0.759. The van der Waals surface area contributed by atoms with Crippen molar-refractivity contribution in [3.8, 4) is 5.75 Å². The second kappa shape index (κ2) is 7.43. The maximum absolute atomic E-state index is 11.7. The lowest BCUT2D eigenvalue weighted by Crippen LogP contribution is -2.46. The first-order chi connectivity index (χ1) is 11.1. The highest BCUT2D eigenvalue weighted by Crippen LogP contribution is 2.50. The van der Waals surface area contributed by atoms with Crippen LogP contribution in [0.4, 0.5) is 0 Å². The maximum Gasteiger partial charge on any atom is 0.137 e. The molecule has 3 rings (SSSR count). The number of hydrogen-bond donors (Lipinski definition) is 1. The first-order valence-corrected chi connectivity index (χ1v) is 8.97. The van der Waals surface area contributed by atoms with Crippen LogP contribution in [-0.2, 0) is 4.79 Å². The summed E-state index contributed by atoms with van der Waals surface area (Å²) in [6, 6.07) is 2.65. The van der Waals surface area contributed by atoms with Crippen molar-refractivity contribution < 1.29 is 9.53 Å². The molecule has 1 aromatic rings. The Labute approximate surface area is 139 Å². The average Bonchev–Trinajstić information content (AvgIpc) is 3.25. The molecule has 4 nitrogen and oxygen atoms in total. The van der Waals surface area contributed by atoms with E-state index in [1.165, 1.54) is 18.4 Å². The highest BCUT2D eigenvalue weighted by atomic mass is 16.5. The molecule has 3 atom stereocenters. The summed E-state index contributed by atoms with van der Waals surface area (Å²) in [6.45, 7) is 5.81. The monoisotopic (exact) mass is 316 g/mol. The van der Waals surface area contributed by atoms with Crippen LogP contribution in [0.1, 0.15) is 57.4 Å². The fourth-order valence-electron chi connectivity index (χ4n) is 3.21. The molecule has 1 saturated heterocycles. The number of rotatable bonds is 9. The predicted molar refractivity (Wildman–Crippen MR) is 90.7 cm³/mol. The summed E-state index contributed by atoms with van der Waals surface area (Å²) in [7, 11) is 0. The van der Waals surface area contributed by atoms with Gasteiger partial charge in [-0.05, 0) is 55.7 Å². The third kappa shape index (κ3) is 4.54. The van der Waals surface area contributed by atoms with E-state index < -0.39 is 0 Å². The Morgan fingerprint density at radius 3 is 2.96 bits per heavy atom.